The summed E-state index contributed by atoms with van der Waals surface area (Å²) in [6.45, 7) is 0. The Hall–Kier alpha value is -3.01. The number of nitrogens with zero attached hydrogens (tertiary/aromatic N) is 1. The van der Waals surface area contributed by atoms with Crippen LogP contribution in [0.5, 0.6) is 11.5 Å². The second kappa shape index (κ2) is 9.62. The molecule has 144 valence electrons. The van der Waals surface area contributed by atoms with Gasteiger partial charge >= 0.3 is 5.97 Å². The van der Waals surface area contributed by atoms with Crippen LogP contribution in [-0.2, 0) is 20.7 Å². The van der Waals surface area contributed by atoms with Crippen LogP contribution >= 0.6 is 11.8 Å². The molecule has 0 saturated heterocycles. The third-order valence-electron chi connectivity index (χ3n) is 3.33. The van der Waals surface area contributed by atoms with Crippen LogP contribution in [0.1, 0.15) is 5.69 Å². The van der Waals surface area contributed by atoms with Crippen LogP contribution in [0, 0.1) is 0 Å². The van der Waals surface area contributed by atoms with Gasteiger partial charge in [0.05, 0.1) is 39.2 Å². The van der Waals surface area contributed by atoms with E-state index in [1.807, 2.05) is 0 Å². The summed E-state index contributed by atoms with van der Waals surface area (Å²) in [4.78, 5) is 41.8. The minimum atomic E-state index is -0.504. The maximum absolute atomic E-state index is 12.1. The largest absolute Gasteiger partial charge is 0.493 e. The SMILES string of the molecule is COC(=O)Cc1cc(=O)[nH]c(SCC(=O)Nc2ccc(OC)c(OC)c2)n1. The van der Waals surface area contributed by atoms with Crippen molar-refractivity contribution in [3.8, 4) is 11.5 Å². The summed E-state index contributed by atoms with van der Waals surface area (Å²) >= 11 is 1.04. The van der Waals surface area contributed by atoms with Gasteiger partial charge < -0.3 is 24.5 Å². The fraction of sp³-hybridized carbons (Fsp3) is 0.294. The third kappa shape index (κ3) is 6.03. The van der Waals surface area contributed by atoms with Crippen molar-refractivity contribution in [1.29, 1.82) is 0 Å². The van der Waals surface area contributed by atoms with E-state index in [2.05, 4.69) is 20.0 Å². The Morgan fingerprint density at radius 2 is 1.89 bits per heavy atom. The highest BCUT2D eigenvalue weighted by Crippen LogP contribution is 2.29. The van der Waals surface area contributed by atoms with E-state index in [4.69, 9.17) is 9.47 Å². The molecular formula is C17H19N3O6S. The fourth-order valence-corrected chi connectivity index (χ4v) is 2.80. The molecule has 0 fully saturated rings. The van der Waals surface area contributed by atoms with Crippen molar-refractivity contribution in [2.24, 2.45) is 0 Å². The average molecular weight is 393 g/mol. The third-order valence-corrected chi connectivity index (χ3v) is 4.21. The number of ether oxygens (including phenoxy) is 3. The number of thioether (sulfide) groups is 1. The maximum Gasteiger partial charge on any atom is 0.311 e. The zero-order valence-electron chi connectivity index (χ0n) is 15.0. The summed E-state index contributed by atoms with van der Waals surface area (Å²) in [7, 11) is 4.28. The van der Waals surface area contributed by atoms with E-state index < -0.39 is 11.5 Å². The van der Waals surface area contributed by atoms with Crippen LogP contribution in [0.4, 0.5) is 5.69 Å². The Morgan fingerprint density at radius 1 is 1.15 bits per heavy atom. The molecule has 1 amide bonds. The lowest BCUT2D eigenvalue weighted by atomic mass is 10.2. The van der Waals surface area contributed by atoms with E-state index in [-0.39, 0.29) is 28.9 Å². The lowest BCUT2D eigenvalue weighted by Crippen LogP contribution is -2.17. The molecule has 2 N–H and O–H groups in total. The number of aromatic nitrogens is 2. The van der Waals surface area contributed by atoms with E-state index in [1.165, 1.54) is 27.4 Å². The molecule has 2 rings (SSSR count). The van der Waals surface area contributed by atoms with Gasteiger partial charge in [0.1, 0.15) is 0 Å². The van der Waals surface area contributed by atoms with E-state index in [1.54, 1.807) is 18.2 Å². The molecule has 10 heteroatoms. The van der Waals surface area contributed by atoms with Crippen LogP contribution in [-0.4, -0.2) is 48.9 Å². The standard InChI is InChI=1S/C17H19N3O6S/c1-24-12-5-4-10(6-13(12)25-2)18-15(22)9-27-17-19-11(7-14(21)20-17)8-16(23)26-3/h4-7H,8-9H2,1-3H3,(H,18,22)(H,19,20,21). The minimum absolute atomic E-state index is 0.0129. The molecule has 0 radical (unpaired) electrons. The van der Waals surface area contributed by atoms with E-state index in [9.17, 15) is 14.4 Å². The summed E-state index contributed by atoms with van der Waals surface area (Å²) in [6, 6.07) is 6.21. The molecule has 2 aromatic rings. The normalized spacial score (nSPS) is 10.2. The number of rotatable bonds is 8. The molecule has 1 heterocycles. The number of benzene rings is 1. The monoisotopic (exact) mass is 393 g/mol. The zero-order valence-corrected chi connectivity index (χ0v) is 15.8. The molecule has 1 aromatic heterocycles. The van der Waals surface area contributed by atoms with E-state index in [0.717, 1.165) is 11.8 Å². The molecule has 27 heavy (non-hydrogen) atoms. The van der Waals surface area contributed by atoms with Crippen LogP contribution < -0.4 is 20.3 Å². The van der Waals surface area contributed by atoms with E-state index >= 15 is 0 Å². The van der Waals surface area contributed by atoms with Crippen LogP contribution in [0.15, 0.2) is 34.2 Å². The number of hydrogen-bond donors (Lipinski definition) is 2. The highest BCUT2D eigenvalue weighted by Gasteiger charge is 2.11. The molecule has 1 aromatic carbocycles. The number of aromatic amines is 1. The number of anilines is 1. The van der Waals surface area contributed by atoms with Crippen LogP contribution in [0.2, 0.25) is 0 Å². The van der Waals surface area contributed by atoms with Crippen molar-refractivity contribution in [2.75, 3.05) is 32.4 Å². The van der Waals surface area contributed by atoms with E-state index in [0.29, 0.717) is 17.2 Å². The molecule has 0 saturated carbocycles. The predicted molar refractivity (Wildman–Crippen MR) is 99.5 cm³/mol. The summed E-state index contributed by atoms with van der Waals surface area (Å²) in [6.07, 6.45) is -0.119. The smallest absolute Gasteiger partial charge is 0.311 e. The highest BCUT2D eigenvalue weighted by atomic mass is 32.2. The maximum atomic E-state index is 12.1. The van der Waals surface area contributed by atoms with Gasteiger partial charge in [-0.3, -0.25) is 14.4 Å². The summed E-state index contributed by atoms with van der Waals surface area (Å²) in [5.41, 5.74) is 0.402. The lowest BCUT2D eigenvalue weighted by Gasteiger charge is -2.10. The first-order valence-corrected chi connectivity index (χ1v) is 8.75. The molecule has 0 atom stereocenters. The Kier molecular flexibility index (Phi) is 7.24. The van der Waals surface area contributed by atoms with Gasteiger partial charge in [-0.25, -0.2) is 4.98 Å². The van der Waals surface area contributed by atoms with Gasteiger partial charge in [-0.2, -0.15) is 0 Å². The number of amides is 1. The first-order chi connectivity index (χ1) is 12.9. The van der Waals surface area contributed by atoms with Crippen molar-refractivity contribution >= 4 is 29.3 Å². The highest BCUT2D eigenvalue weighted by molar-refractivity contribution is 7.99. The summed E-state index contributed by atoms with van der Waals surface area (Å²) < 4.78 is 14.9. The second-order valence-corrected chi connectivity index (χ2v) is 6.17. The van der Waals surface area contributed by atoms with Crippen molar-refractivity contribution in [3.63, 3.8) is 0 Å². The molecule has 0 bridgehead atoms. The van der Waals surface area contributed by atoms with Gasteiger partial charge in [0.2, 0.25) is 5.91 Å². The average Bonchev–Trinajstić information content (AvgIpc) is 2.65. The Labute approximate surface area is 159 Å². The second-order valence-electron chi connectivity index (χ2n) is 5.20. The Balaban J connectivity index is 1.99. The van der Waals surface area contributed by atoms with Crippen LogP contribution in [0.3, 0.4) is 0 Å². The molecule has 0 unspecified atom stereocenters. The van der Waals surface area contributed by atoms with Crippen molar-refractivity contribution in [1.82, 2.24) is 9.97 Å². The molecule has 0 spiro atoms. The van der Waals surface area contributed by atoms with Gasteiger partial charge in [0.15, 0.2) is 16.7 Å². The molecule has 0 aliphatic heterocycles. The van der Waals surface area contributed by atoms with Gasteiger partial charge in [0, 0.05) is 17.8 Å². The Morgan fingerprint density at radius 3 is 2.56 bits per heavy atom. The number of carbonyl (C=O) groups excluding carboxylic acids is 2. The van der Waals surface area contributed by atoms with Gasteiger partial charge in [-0.1, -0.05) is 11.8 Å². The summed E-state index contributed by atoms with van der Waals surface area (Å²) in [5.74, 6) is 0.251. The summed E-state index contributed by atoms with van der Waals surface area (Å²) in [5, 5.41) is 2.96. The van der Waals surface area contributed by atoms with Crippen molar-refractivity contribution in [2.45, 2.75) is 11.6 Å². The number of methoxy groups -OCH3 is 3. The molecular weight excluding hydrogens is 374 g/mol. The van der Waals surface area contributed by atoms with Crippen molar-refractivity contribution < 1.29 is 23.8 Å². The zero-order chi connectivity index (χ0) is 19.8. The topological polar surface area (TPSA) is 120 Å². The number of hydrogen-bond acceptors (Lipinski definition) is 8. The lowest BCUT2D eigenvalue weighted by molar-refractivity contribution is -0.139. The quantitative estimate of drug-likeness (QED) is 0.390. The van der Waals surface area contributed by atoms with Crippen LogP contribution in [0.25, 0.3) is 0 Å². The fourth-order valence-electron chi connectivity index (χ4n) is 2.11. The predicted octanol–water partition coefficient (Wildman–Crippen LogP) is 1.23. The Bertz CT molecular complexity index is 883. The first kappa shape index (κ1) is 20.3. The van der Waals surface area contributed by atoms with Gasteiger partial charge in [0.25, 0.3) is 5.56 Å². The first-order valence-electron chi connectivity index (χ1n) is 7.77. The number of esters is 1. The van der Waals surface area contributed by atoms with Gasteiger partial charge in [-0.05, 0) is 12.1 Å². The molecule has 0 aliphatic carbocycles. The minimum Gasteiger partial charge on any atom is -0.493 e. The number of H-pyrrole nitrogens is 1. The van der Waals surface area contributed by atoms with Crippen molar-refractivity contribution in [3.05, 3.63) is 40.3 Å². The number of nitrogens with one attached hydrogen (secondary N) is 2. The molecule has 9 nitrogen and oxygen atoms in total. The number of carbonyl (C=O) groups is 2. The molecule has 0 aliphatic rings. The van der Waals surface area contributed by atoms with Gasteiger partial charge in [-0.15, -0.1) is 0 Å².